The Balaban J connectivity index is 1.89. The number of anilines is 1. The van der Waals surface area contributed by atoms with Crippen LogP contribution in [0.25, 0.3) is 0 Å². The van der Waals surface area contributed by atoms with Crippen LogP contribution in [-0.4, -0.2) is 46.7 Å². The predicted octanol–water partition coefficient (Wildman–Crippen LogP) is 3.36. The summed E-state index contributed by atoms with van der Waals surface area (Å²) < 4.78 is 112. The van der Waals surface area contributed by atoms with Gasteiger partial charge in [0.15, 0.2) is 11.6 Å². The smallest absolute Gasteiger partial charge is 0.496 e. The zero-order valence-corrected chi connectivity index (χ0v) is 20.3. The van der Waals surface area contributed by atoms with Crippen LogP contribution in [0, 0.1) is 5.82 Å². The van der Waals surface area contributed by atoms with Crippen molar-refractivity contribution < 1.29 is 48.7 Å². The molecule has 2 aromatic rings. The number of methoxy groups -OCH3 is 1. The maximum absolute atomic E-state index is 15.3. The number of rotatable bonds is 7. The van der Waals surface area contributed by atoms with E-state index in [1.165, 1.54) is 18.2 Å². The number of hydrogen-bond donors (Lipinski definition) is 2. The van der Waals surface area contributed by atoms with Gasteiger partial charge >= 0.3 is 5.51 Å². The van der Waals surface area contributed by atoms with Crippen LogP contribution in [0.3, 0.4) is 0 Å². The number of sulfone groups is 1. The van der Waals surface area contributed by atoms with Gasteiger partial charge in [-0.1, -0.05) is 12.1 Å². The molecule has 0 bridgehead atoms. The molecule has 1 aliphatic rings. The number of carbonyl (C=O) groups is 1. The van der Waals surface area contributed by atoms with Crippen molar-refractivity contribution in [1.29, 1.82) is 0 Å². The number of benzene rings is 2. The second kappa shape index (κ2) is 10.2. The first-order valence-corrected chi connectivity index (χ1v) is 13.5. The number of halogens is 4. The highest BCUT2D eigenvalue weighted by atomic mass is 32.2. The molecule has 0 heterocycles. The van der Waals surface area contributed by atoms with Gasteiger partial charge in [-0.15, -0.1) is 0 Å². The van der Waals surface area contributed by atoms with Crippen LogP contribution in [-0.2, 0) is 19.9 Å². The molecular weight excluding hydrogens is 532 g/mol. The summed E-state index contributed by atoms with van der Waals surface area (Å²) in [6.45, 7) is 0. The molecule has 9 nitrogen and oxygen atoms in total. The first kappa shape index (κ1) is 27.7. The van der Waals surface area contributed by atoms with Gasteiger partial charge < -0.3 is 14.8 Å². The van der Waals surface area contributed by atoms with Crippen molar-refractivity contribution in [1.82, 2.24) is 0 Å². The molecule has 0 saturated heterocycles. The fraction of sp³-hybridized carbons (Fsp3) is 0.381. The summed E-state index contributed by atoms with van der Waals surface area (Å²) >= 11 is 0. The van der Waals surface area contributed by atoms with Crippen molar-refractivity contribution in [2.24, 2.45) is 5.14 Å². The van der Waals surface area contributed by atoms with Crippen molar-refractivity contribution in [3.63, 3.8) is 0 Å². The summed E-state index contributed by atoms with van der Waals surface area (Å²) in [7, 11) is -8.41. The zero-order valence-electron chi connectivity index (χ0n) is 18.7. The molecule has 0 radical (unpaired) electrons. The summed E-state index contributed by atoms with van der Waals surface area (Å²) in [5, 5.41) is 6.41. The standard InChI is InChI=1S/C21H22F4N2O7S2/c1-33-15-10-11-16(34-12-6-8-13(9-7-12)36(26,31)32)19(22)18(15)20(28)27-14-4-2-3-5-17(14)35(29,30)21(23,24)25/h2-5,10-13H,6-9H2,1H3,(H,27,28)(H2,26,31,32). The quantitative estimate of drug-likeness (QED) is 0.500. The van der Waals surface area contributed by atoms with Gasteiger partial charge in [0.1, 0.15) is 11.3 Å². The van der Waals surface area contributed by atoms with Crippen molar-refractivity contribution in [3.05, 3.63) is 47.8 Å². The molecule has 0 unspecified atom stereocenters. The molecule has 1 amide bonds. The lowest BCUT2D eigenvalue weighted by Gasteiger charge is -2.28. The minimum Gasteiger partial charge on any atom is -0.496 e. The Kier molecular flexibility index (Phi) is 7.86. The fourth-order valence-corrected chi connectivity index (χ4v) is 5.63. The van der Waals surface area contributed by atoms with Gasteiger partial charge in [-0.3, -0.25) is 4.79 Å². The van der Waals surface area contributed by atoms with Crippen molar-refractivity contribution in [2.75, 3.05) is 12.4 Å². The third-order valence-corrected chi connectivity index (χ3v) is 8.57. The second-order valence-corrected chi connectivity index (χ2v) is 11.7. The van der Waals surface area contributed by atoms with Gasteiger partial charge in [0, 0.05) is 0 Å². The summed E-state index contributed by atoms with van der Waals surface area (Å²) in [6.07, 6.45) is 0.297. The molecular formula is C21H22F4N2O7S2. The highest BCUT2D eigenvalue weighted by Gasteiger charge is 2.48. The summed E-state index contributed by atoms with van der Waals surface area (Å²) in [4.78, 5) is 11.7. The first-order valence-electron chi connectivity index (χ1n) is 10.4. The molecule has 36 heavy (non-hydrogen) atoms. The van der Waals surface area contributed by atoms with E-state index in [-0.39, 0.29) is 37.2 Å². The van der Waals surface area contributed by atoms with Gasteiger partial charge in [0.2, 0.25) is 10.0 Å². The van der Waals surface area contributed by atoms with E-state index in [9.17, 15) is 34.8 Å². The average molecular weight is 555 g/mol. The molecule has 3 N–H and O–H groups in total. The predicted molar refractivity (Wildman–Crippen MR) is 120 cm³/mol. The van der Waals surface area contributed by atoms with Crippen LogP contribution in [0.2, 0.25) is 0 Å². The van der Waals surface area contributed by atoms with Crippen LogP contribution < -0.4 is 19.9 Å². The molecule has 198 valence electrons. The summed E-state index contributed by atoms with van der Waals surface area (Å²) in [5.41, 5.74) is -7.08. The van der Waals surface area contributed by atoms with E-state index in [1.54, 1.807) is 0 Å². The number of primary sulfonamides is 1. The van der Waals surface area contributed by atoms with Gasteiger partial charge in [-0.25, -0.2) is 26.4 Å². The highest BCUT2D eigenvalue weighted by molar-refractivity contribution is 7.92. The molecule has 1 aliphatic carbocycles. The third-order valence-electron chi connectivity index (χ3n) is 5.62. The van der Waals surface area contributed by atoms with E-state index in [0.29, 0.717) is 6.07 Å². The second-order valence-electron chi connectivity index (χ2n) is 7.96. The van der Waals surface area contributed by atoms with Gasteiger partial charge in [-0.2, -0.15) is 13.2 Å². The topological polar surface area (TPSA) is 142 Å². The number of amides is 1. The van der Waals surface area contributed by atoms with Crippen LogP contribution in [0.5, 0.6) is 11.5 Å². The Hall–Kier alpha value is -2.91. The number of carbonyl (C=O) groups excluding carboxylic acids is 1. The summed E-state index contributed by atoms with van der Waals surface area (Å²) in [5.74, 6) is -3.14. The SMILES string of the molecule is COc1ccc(OC2CCC(S(N)(=O)=O)CC2)c(F)c1C(=O)Nc1ccccc1S(=O)(=O)C(F)(F)F. The number of alkyl halides is 3. The largest absolute Gasteiger partial charge is 0.501 e. The van der Waals surface area contributed by atoms with Crippen LogP contribution in [0.1, 0.15) is 36.0 Å². The Bertz CT molecular complexity index is 1350. The van der Waals surface area contributed by atoms with Gasteiger partial charge in [0.05, 0.1) is 29.0 Å². The monoisotopic (exact) mass is 554 g/mol. The minimum atomic E-state index is -5.82. The molecule has 0 atom stereocenters. The van der Waals surface area contributed by atoms with E-state index >= 15 is 4.39 Å². The molecule has 1 fully saturated rings. The number of ether oxygens (including phenoxy) is 2. The number of hydrogen-bond acceptors (Lipinski definition) is 7. The zero-order chi connectivity index (χ0) is 26.9. The Morgan fingerprint density at radius 2 is 1.58 bits per heavy atom. The first-order chi connectivity index (χ1) is 16.7. The fourth-order valence-electron chi connectivity index (χ4n) is 3.78. The van der Waals surface area contributed by atoms with Gasteiger partial charge in [0.25, 0.3) is 15.7 Å². The molecule has 15 heteroatoms. The van der Waals surface area contributed by atoms with Crippen LogP contribution in [0.4, 0.5) is 23.2 Å². The molecule has 0 aliphatic heterocycles. The third kappa shape index (κ3) is 5.73. The van der Waals surface area contributed by atoms with E-state index in [4.69, 9.17) is 14.6 Å². The molecule has 0 aromatic heterocycles. The van der Waals surface area contributed by atoms with Gasteiger partial charge in [-0.05, 0) is 49.9 Å². The molecule has 0 spiro atoms. The van der Waals surface area contributed by atoms with E-state index in [2.05, 4.69) is 0 Å². The average Bonchev–Trinajstić information content (AvgIpc) is 2.79. The van der Waals surface area contributed by atoms with E-state index in [1.807, 2.05) is 5.32 Å². The molecule has 2 aromatic carbocycles. The lowest BCUT2D eigenvalue weighted by molar-refractivity contribution is -0.0435. The maximum atomic E-state index is 15.3. The van der Waals surface area contributed by atoms with Crippen LogP contribution >= 0.6 is 0 Å². The highest BCUT2D eigenvalue weighted by Crippen LogP contribution is 2.36. The van der Waals surface area contributed by atoms with E-state index < -0.39 is 64.6 Å². The number of nitrogens with one attached hydrogen (secondary N) is 1. The van der Waals surface area contributed by atoms with Crippen molar-refractivity contribution in [2.45, 2.75) is 47.4 Å². The number of para-hydroxylation sites is 1. The van der Waals surface area contributed by atoms with E-state index in [0.717, 1.165) is 19.2 Å². The minimum absolute atomic E-state index is 0.194. The Morgan fingerprint density at radius 3 is 2.14 bits per heavy atom. The normalized spacial score (nSPS) is 18.9. The lowest BCUT2D eigenvalue weighted by atomic mass is 9.97. The Morgan fingerprint density at radius 1 is 1.00 bits per heavy atom. The summed E-state index contributed by atoms with van der Waals surface area (Å²) in [6, 6.07) is 6.18. The lowest BCUT2D eigenvalue weighted by Crippen LogP contribution is -2.35. The number of sulfonamides is 1. The molecule has 3 rings (SSSR count). The van der Waals surface area contributed by atoms with Crippen molar-refractivity contribution >= 4 is 31.5 Å². The molecule has 1 saturated carbocycles. The maximum Gasteiger partial charge on any atom is 0.501 e. The number of nitrogens with two attached hydrogens (primary N) is 1. The van der Waals surface area contributed by atoms with Crippen LogP contribution in [0.15, 0.2) is 41.3 Å². The van der Waals surface area contributed by atoms with Crippen molar-refractivity contribution in [3.8, 4) is 11.5 Å². The Labute approximate surface area is 204 Å².